The van der Waals surface area contributed by atoms with Gasteiger partial charge in [-0.25, -0.2) is 4.98 Å². The minimum Gasteiger partial charge on any atom is -0.375 e. The molecule has 0 unspecified atom stereocenters. The first-order valence-electron chi connectivity index (χ1n) is 5.86. The molecule has 0 radical (unpaired) electrons. The molecule has 0 amide bonds. The molecule has 0 aromatic carbocycles. The Balaban J connectivity index is -0.000000376. The molecule has 1 heterocycles. The van der Waals surface area contributed by atoms with Crippen LogP contribution in [0.2, 0.25) is 0 Å². The lowest BCUT2D eigenvalue weighted by Gasteiger charge is -1.96. The first kappa shape index (κ1) is 22.6. The molecule has 3 heteroatoms. The fourth-order valence-corrected chi connectivity index (χ4v) is 1.77. The number of nitrogens with two attached hydrogens (primary N) is 1. The molecule has 0 aliphatic rings. The Morgan fingerprint density at radius 2 is 1.74 bits per heavy atom. The highest BCUT2D eigenvalue weighted by molar-refractivity contribution is 7.15. The Morgan fingerprint density at radius 3 is 2.00 bits per heavy atom. The van der Waals surface area contributed by atoms with Crippen LogP contribution in [0.1, 0.15) is 38.8 Å². The van der Waals surface area contributed by atoms with Crippen molar-refractivity contribution in [2.45, 2.75) is 35.1 Å². The number of nitrogen functional groups attached to an aromatic ring is 1. The Labute approximate surface area is 123 Å². The van der Waals surface area contributed by atoms with Gasteiger partial charge in [-0.1, -0.05) is 58.7 Å². The third-order valence-corrected chi connectivity index (χ3v) is 2.40. The lowest BCUT2D eigenvalue weighted by molar-refractivity contribution is 1.33. The van der Waals surface area contributed by atoms with Crippen LogP contribution < -0.4 is 5.73 Å². The van der Waals surface area contributed by atoms with Gasteiger partial charge in [0.05, 0.1) is 5.69 Å². The molecule has 0 saturated carbocycles. The summed E-state index contributed by atoms with van der Waals surface area (Å²) in [5.74, 6) is 0. The van der Waals surface area contributed by atoms with E-state index in [0.29, 0.717) is 5.13 Å². The van der Waals surface area contributed by atoms with Crippen LogP contribution in [-0.4, -0.2) is 4.98 Å². The molecule has 108 valence electrons. The van der Waals surface area contributed by atoms with Crippen molar-refractivity contribution in [3.05, 3.63) is 54.6 Å². The predicted octanol–water partition coefficient (Wildman–Crippen LogP) is 5.64. The van der Waals surface area contributed by atoms with Crippen LogP contribution in [0, 0.1) is 6.92 Å². The van der Waals surface area contributed by atoms with E-state index in [0.717, 1.165) is 16.1 Å². The number of hydrogen-bond acceptors (Lipinski definition) is 3. The van der Waals surface area contributed by atoms with Gasteiger partial charge in [0.25, 0.3) is 0 Å². The van der Waals surface area contributed by atoms with E-state index in [2.05, 4.69) is 24.7 Å². The van der Waals surface area contributed by atoms with E-state index in [-0.39, 0.29) is 7.43 Å². The summed E-state index contributed by atoms with van der Waals surface area (Å²) in [5.41, 5.74) is 7.45. The summed E-state index contributed by atoms with van der Waals surface area (Å²) in [5, 5.41) is 0.587. The van der Waals surface area contributed by atoms with Crippen molar-refractivity contribution in [3.63, 3.8) is 0 Å². The molecule has 0 aliphatic carbocycles. The Kier molecular flexibility index (Phi) is 17.2. The van der Waals surface area contributed by atoms with Gasteiger partial charge in [-0.05, 0) is 13.8 Å². The first-order chi connectivity index (χ1) is 8.60. The maximum absolute atomic E-state index is 5.59. The number of allylic oxidation sites excluding steroid dienone is 5. The lowest BCUT2D eigenvalue weighted by Crippen LogP contribution is -1.86. The Morgan fingerprint density at radius 1 is 1.26 bits per heavy atom. The fourth-order valence-electron chi connectivity index (χ4n) is 1.06. The third kappa shape index (κ3) is 9.03. The van der Waals surface area contributed by atoms with Gasteiger partial charge in [0.1, 0.15) is 0 Å². The van der Waals surface area contributed by atoms with Crippen LogP contribution in [0.25, 0.3) is 5.57 Å². The number of nitrogens with zero attached hydrogens (tertiary/aromatic N) is 1. The van der Waals surface area contributed by atoms with E-state index in [1.807, 2.05) is 33.8 Å². The smallest absolute Gasteiger partial charge is 0.180 e. The second kappa shape index (κ2) is 14.5. The van der Waals surface area contributed by atoms with Crippen molar-refractivity contribution >= 4 is 22.0 Å². The standard InChI is InChI=1S/C10H12N2S.C3H6.C2H6.CH4/c1-4-6-8(5-2)9-7(3)13-10(11)12-9;1-3-2;1-2;/h4-6H,1-2H2,3H3,(H2,11,12);3H,1H2,2H3;1-2H3;1H4/b8-6+;;;. The number of thiazole rings is 1. The molecule has 2 nitrogen and oxygen atoms in total. The highest BCUT2D eigenvalue weighted by Gasteiger charge is 2.06. The molecule has 0 atom stereocenters. The SMILES string of the molecule is C.C=C/C=C(\C=C)c1nc(N)sc1C.C=CC.CC. The van der Waals surface area contributed by atoms with Crippen LogP contribution in [0.4, 0.5) is 5.13 Å². The third-order valence-electron chi connectivity index (χ3n) is 1.60. The minimum absolute atomic E-state index is 0. The van der Waals surface area contributed by atoms with Gasteiger partial charge in [0, 0.05) is 10.5 Å². The molecule has 1 aromatic heterocycles. The average Bonchev–Trinajstić information content (AvgIpc) is 2.69. The number of aryl methyl sites for hydroxylation is 1. The number of aromatic nitrogens is 1. The molecule has 1 aromatic rings. The van der Waals surface area contributed by atoms with Gasteiger partial charge in [-0.3, -0.25) is 0 Å². The molecule has 0 aliphatic heterocycles. The van der Waals surface area contributed by atoms with E-state index >= 15 is 0 Å². The quantitative estimate of drug-likeness (QED) is 0.574. The molecular formula is C16H28N2S. The average molecular weight is 280 g/mol. The van der Waals surface area contributed by atoms with E-state index in [9.17, 15) is 0 Å². The zero-order valence-corrected chi connectivity index (χ0v) is 12.7. The van der Waals surface area contributed by atoms with Gasteiger partial charge >= 0.3 is 0 Å². The van der Waals surface area contributed by atoms with Crippen molar-refractivity contribution in [3.8, 4) is 0 Å². The summed E-state index contributed by atoms with van der Waals surface area (Å²) in [6.45, 7) is 18.6. The van der Waals surface area contributed by atoms with Crippen LogP contribution in [0.5, 0.6) is 0 Å². The molecule has 0 bridgehead atoms. The molecule has 0 fully saturated rings. The van der Waals surface area contributed by atoms with E-state index in [4.69, 9.17) is 5.73 Å². The maximum Gasteiger partial charge on any atom is 0.180 e. The number of anilines is 1. The lowest BCUT2D eigenvalue weighted by atomic mass is 10.1. The Bertz CT molecular complexity index is 401. The van der Waals surface area contributed by atoms with Crippen molar-refractivity contribution in [1.82, 2.24) is 4.98 Å². The summed E-state index contributed by atoms with van der Waals surface area (Å²) in [6.07, 6.45) is 7.09. The fraction of sp³-hybridized carbons (Fsp3) is 0.312. The van der Waals surface area contributed by atoms with Crippen LogP contribution in [0.15, 0.2) is 44.0 Å². The summed E-state index contributed by atoms with van der Waals surface area (Å²) < 4.78 is 0. The Hall–Kier alpha value is -1.61. The maximum atomic E-state index is 5.59. The largest absolute Gasteiger partial charge is 0.375 e. The van der Waals surface area contributed by atoms with Gasteiger partial charge in [0.2, 0.25) is 0 Å². The monoisotopic (exact) mass is 280 g/mol. The van der Waals surface area contributed by atoms with Crippen molar-refractivity contribution in [1.29, 1.82) is 0 Å². The summed E-state index contributed by atoms with van der Waals surface area (Å²) >= 11 is 1.48. The van der Waals surface area contributed by atoms with Crippen molar-refractivity contribution in [2.24, 2.45) is 0 Å². The van der Waals surface area contributed by atoms with Crippen molar-refractivity contribution < 1.29 is 0 Å². The minimum atomic E-state index is 0. The topological polar surface area (TPSA) is 38.9 Å². The van der Waals surface area contributed by atoms with E-state index in [1.165, 1.54) is 11.3 Å². The predicted molar refractivity (Wildman–Crippen MR) is 93.6 cm³/mol. The van der Waals surface area contributed by atoms with Crippen LogP contribution >= 0.6 is 11.3 Å². The second-order valence-corrected chi connectivity index (χ2v) is 4.16. The highest BCUT2D eigenvalue weighted by Crippen LogP contribution is 2.25. The zero-order valence-electron chi connectivity index (χ0n) is 11.9. The van der Waals surface area contributed by atoms with Crippen LogP contribution in [0.3, 0.4) is 0 Å². The highest BCUT2D eigenvalue weighted by atomic mass is 32.1. The van der Waals surface area contributed by atoms with Gasteiger partial charge in [-0.2, -0.15) is 0 Å². The van der Waals surface area contributed by atoms with E-state index < -0.39 is 0 Å². The normalized spacial score (nSPS) is 8.74. The van der Waals surface area contributed by atoms with Gasteiger partial charge in [0.15, 0.2) is 5.13 Å². The van der Waals surface area contributed by atoms with Gasteiger partial charge < -0.3 is 5.73 Å². The molecule has 0 spiro atoms. The van der Waals surface area contributed by atoms with Crippen LogP contribution in [-0.2, 0) is 0 Å². The molecule has 2 N–H and O–H groups in total. The second-order valence-electron chi connectivity index (χ2n) is 2.93. The van der Waals surface area contributed by atoms with E-state index in [1.54, 1.807) is 18.2 Å². The van der Waals surface area contributed by atoms with Crippen molar-refractivity contribution in [2.75, 3.05) is 5.73 Å². The number of hydrogen-bond donors (Lipinski definition) is 1. The first-order valence-corrected chi connectivity index (χ1v) is 6.67. The molecule has 0 saturated heterocycles. The summed E-state index contributed by atoms with van der Waals surface area (Å²) in [7, 11) is 0. The zero-order chi connectivity index (χ0) is 14.6. The summed E-state index contributed by atoms with van der Waals surface area (Å²) in [4.78, 5) is 5.31. The molecular weight excluding hydrogens is 252 g/mol. The number of rotatable bonds is 3. The molecule has 19 heavy (non-hydrogen) atoms. The molecule has 1 rings (SSSR count). The summed E-state index contributed by atoms with van der Waals surface area (Å²) in [6, 6.07) is 0. The van der Waals surface area contributed by atoms with Gasteiger partial charge in [-0.15, -0.1) is 17.9 Å².